The number of hydrogen-bond acceptors (Lipinski definition) is 7. The van der Waals surface area contributed by atoms with Gasteiger partial charge in [0.15, 0.2) is 18.1 Å². The highest BCUT2D eigenvalue weighted by atomic mass is 35.5. The number of ether oxygens (including phenoxy) is 3. The maximum absolute atomic E-state index is 13.0. The molecule has 0 spiro atoms. The minimum Gasteiger partial charge on any atom is -0.482 e. The van der Waals surface area contributed by atoms with Crippen LogP contribution in [0, 0.1) is 0 Å². The Morgan fingerprint density at radius 2 is 1.73 bits per heavy atom. The van der Waals surface area contributed by atoms with Crippen molar-refractivity contribution in [1.29, 1.82) is 0 Å². The fourth-order valence-electron chi connectivity index (χ4n) is 4.42. The number of anilines is 1. The molecule has 1 amide bonds. The normalized spacial score (nSPS) is 15.6. The first kappa shape index (κ1) is 28.8. The van der Waals surface area contributed by atoms with E-state index in [1.54, 1.807) is 4.90 Å². The van der Waals surface area contributed by atoms with Crippen LogP contribution in [0.5, 0.6) is 17.2 Å². The van der Waals surface area contributed by atoms with E-state index in [2.05, 4.69) is 9.62 Å². The summed E-state index contributed by atoms with van der Waals surface area (Å²) < 4.78 is 82.8. The fourth-order valence-corrected chi connectivity index (χ4v) is 5.80. The average molecular weight is 612 g/mol. The van der Waals surface area contributed by atoms with Crippen LogP contribution < -0.4 is 18.9 Å². The van der Waals surface area contributed by atoms with Gasteiger partial charge in [-0.1, -0.05) is 23.7 Å². The van der Waals surface area contributed by atoms with Gasteiger partial charge in [-0.25, -0.2) is 8.42 Å². The second kappa shape index (κ2) is 11.7. The van der Waals surface area contributed by atoms with Crippen LogP contribution >= 0.6 is 11.6 Å². The van der Waals surface area contributed by atoms with Gasteiger partial charge in [-0.15, -0.1) is 0 Å². The molecule has 2 aliphatic rings. The summed E-state index contributed by atoms with van der Waals surface area (Å²) in [4.78, 5) is 16.4. The van der Waals surface area contributed by atoms with E-state index in [9.17, 15) is 26.4 Å². The highest BCUT2D eigenvalue weighted by Crippen LogP contribution is 2.34. The van der Waals surface area contributed by atoms with Crippen molar-refractivity contribution in [3.63, 3.8) is 0 Å². The Hall–Kier alpha value is -3.68. The molecule has 218 valence electrons. The molecule has 41 heavy (non-hydrogen) atoms. The summed E-state index contributed by atoms with van der Waals surface area (Å²) in [5.41, 5.74) is -0.157. The summed E-state index contributed by atoms with van der Waals surface area (Å²) in [6.45, 7) is 3.01. The van der Waals surface area contributed by atoms with Gasteiger partial charge < -0.3 is 19.1 Å². The van der Waals surface area contributed by atoms with Crippen LogP contribution in [0.1, 0.15) is 11.1 Å². The Bertz CT molecular complexity index is 1550. The first-order valence-corrected chi connectivity index (χ1v) is 14.4. The Balaban J connectivity index is 1.12. The summed E-state index contributed by atoms with van der Waals surface area (Å²) in [5.74, 6) is 1.31. The quantitative estimate of drug-likeness (QED) is 0.397. The molecule has 2 heterocycles. The van der Waals surface area contributed by atoms with Gasteiger partial charge in [0.25, 0.3) is 15.9 Å². The van der Waals surface area contributed by atoms with Crippen molar-refractivity contribution < 1.29 is 40.6 Å². The first-order valence-electron chi connectivity index (χ1n) is 12.5. The second-order valence-electron chi connectivity index (χ2n) is 9.41. The van der Waals surface area contributed by atoms with Gasteiger partial charge in [0.1, 0.15) is 5.75 Å². The Kier molecular flexibility index (Phi) is 8.20. The zero-order chi connectivity index (χ0) is 29.2. The molecule has 3 aromatic carbocycles. The number of sulfonamides is 1. The number of rotatable bonds is 8. The molecule has 2 aliphatic heterocycles. The summed E-state index contributed by atoms with van der Waals surface area (Å²) in [7, 11) is -4.24. The Morgan fingerprint density at radius 1 is 0.976 bits per heavy atom. The number of halogens is 4. The number of benzene rings is 3. The van der Waals surface area contributed by atoms with Crippen molar-refractivity contribution in [2.24, 2.45) is 0 Å². The maximum atomic E-state index is 13.0. The van der Waals surface area contributed by atoms with Gasteiger partial charge in [0.2, 0.25) is 6.79 Å². The molecule has 5 rings (SSSR count). The molecule has 3 aromatic rings. The largest absolute Gasteiger partial charge is 0.482 e. The van der Waals surface area contributed by atoms with Gasteiger partial charge in [-0.05, 0) is 54.1 Å². The lowest BCUT2D eigenvalue weighted by Crippen LogP contribution is -2.49. The molecule has 9 nitrogen and oxygen atoms in total. The smallest absolute Gasteiger partial charge is 0.416 e. The number of amides is 1. The molecular weight excluding hydrogens is 587 g/mol. The SMILES string of the molecule is O=C(COc1ccc(S(=O)(=O)Nc2cccc(C(F)(F)F)c2)cc1Cl)N1CCN(Cc2ccc3c(c2)OCO3)CC1. The standard InChI is InChI=1S/C27H25ClF3N3O6S/c28-22-14-21(41(36,37)32-20-3-1-2-19(13-20)27(29,30)31)5-7-23(22)38-16-26(35)34-10-8-33(9-11-34)15-18-4-6-24-25(12-18)40-17-39-24/h1-7,12-14,32H,8-11,15-17H2. The lowest BCUT2D eigenvalue weighted by molar-refractivity contribution is -0.137. The number of carbonyl (C=O) groups excluding carboxylic acids is 1. The predicted octanol–water partition coefficient (Wildman–Crippen LogP) is 4.61. The van der Waals surface area contributed by atoms with Crippen molar-refractivity contribution in [2.45, 2.75) is 17.6 Å². The number of carbonyl (C=O) groups is 1. The molecule has 0 saturated carbocycles. The molecule has 1 fully saturated rings. The predicted molar refractivity (Wildman–Crippen MR) is 144 cm³/mol. The first-order chi connectivity index (χ1) is 19.5. The third kappa shape index (κ3) is 6.97. The van der Waals surface area contributed by atoms with Crippen molar-refractivity contribution in [3.05, 3.63) is 76.8 Å². The van der Waals surface area contributed by atoms with E-state index in [0.29, 0.717) is 38.8 Å². The summed E-state index contributed by atoms with van der Waals surface area (Å²) in [6, 6.07) is 13.2. The second-order valence-corrected chi connectivity index (χ2v) is 11.5. The minimum absolute atomic E-state index is 0.0711. The Morgan fingerprint density at radius 3 is 2.46 bits per heavy atom. The molecule has 0 aliphatic carbocycles. The van der Waals surface area contributed by atoms with E-state index in [4.69, 9.17) is 25.8 Å². The molecule has 0 bridgehead atoms. The van der Waals surface area contributed by atoms with E-state index >= 15 is 0 Å². The monoisotopic (exact) mass is 611 g/mol. The van der Waals surface area contributed by atoms with Crippen molar-refractivity contribution >= 4 is 33.2 Å². The molecule has 1 N–H and O–H groups in total. The zero-order valence-corrected chi connectivity index (χ0v) is 23.1. The fraction of sp³-hybridized carbons (Fsp3) is 0.296. The zero-order valence-electron chi connectivity index (χ0n) is 21.5. The number of hydrogen-bond donors (Lipinski definition) is 1. The van der Waals surface area contributed by atoms with Crippen LogP contribution in [-0.4, -0.2) is 63.7 Å². The van der Waals surface area contributed by atoms with E-state index in [1.807, 2.05) is 18.2 Å². The lowest BCUT2D eigenvalue weighted by atomic mass is 10.1. The van der Waals surface area contributed by atoms with Crippen LogP contribution in [0.2, 0.25) is 5.02 Å². The van der Waals surface area contributed by atoms with Crippen molar-refractivity contribution in [3.8, 4) is 17.2 Å². The topological polar surface area (TPSA) is 97.4 Å². The third-order valence-electron chi connectivity index (χ3n) is 6.58. The minimum atomic E-state index is -4.62. The number of nitrogens with one attached hydrogen (secondary N) is 1. The van der Waals surface area contributed by atoms with Gasteiger partial charge >= 0.3 is 6.18 Å². The van der Waals surface area contributed by atoms with Crippen molar-refractivity contribution in [1.82, 2.24) is 9.80 Å². The highest BCUT2D eigenvalue weighted by molar-refractivity contribution is 7.92. The highest BCUT2D eigenvalue weighted by Gasteiger charge is 2.31. The molecule has 1 saturated heterocycles. The van der Waals surface area contributed by atoms with Gasteiger partial charge in [-0.2, -0.15) is 13.2 Å². The molecule has 0 aromatic heterocycles. The van der Waals surface area contributed by atoms with Crippen LogP contribution in [0.4, 0.5) is 18.9 Å². The van der Waals surface area contributed by atoms with E-state index in [0.717, 1.165) is 35.3 Å². The van der Waals surface area contributed by atoms with Gasteiger partial charge in [0, 0.05) is 38.4 Å². The van der Waals surface area contributed by atoms with Gasteiger partial charge in [-0.3, -0.25) is 14.4 Å². The summed E-state index contributed by atoms with van der Waals surface area (Å²) in [5, 5.41) is -0.0711. The Labute approximate surface area is 239 Å². The van der Waals surface area contributed by atoms with Crippen molar-refractivity contribution in [2.75, 3.05) is 44.3 Å². The van der Waals surface area contributed by atoms with E-state index in [1.165, 1.54) is 18.2 Å². The number of piperazine rings is 1. The van der Waals surface area contributed by atoms with Crippen LogP contribution in [0.15, 0.2) is 65.6 Å². The lowest BCUT2D eigenvalue weighted by Gasteiger charge is -2.34. The molecule has 0 atom stereocenters. The van der Waals surface area contributed by atoms with Crippen LogP contribution in [-0.2, 0) is 27.5 Å². The van der Waals surface area contributed by atoms with Gasteiger partial charge in [0.05, 0.1) is 15.5 Å². The molecule has 0 unspecified atom stereocenters. The molecule has 14 heteroatoms. The van der Waals surface area contributed by atoms with E-state index < -0.39 is 21.8 Å². The average Bonchev–Trinajstić information content (AvgIpc) is 3.40. The number of nitrogens with zero attached hydrogens (tertiary/aromatic N) is 2. The van der Waals surface area contributed by atoms with Crippen LogP contribution in [0.3, 0.4) is 0 Å². The number of fused-ring (bicyclic) bond motifs is 1. The third-order valence-corrected chi connectivity index (χ3v) is 8.25. The maximum Gasteiger partial charge on any atom is 0.416 e. The van der Waals surface area contributed by atoms with Crippen LogP contribution in [0.25, 0.3) is 0 Å². The summed E-state index contributed by atoms with van der Waals surface area (Å²) in [6.07, 6.45) is -4.62. The van der Waals surface area contributed by atoms with E-state index in [-0.39, 0.29) is 40.7 Å². The molecule has 0 radical (unpaired) electrons. The molecular formula is C27H25ClF3N3O6S. The summed E-state index contributed by atoms with van der Waals surface area (Å²) >= 11 is 6.21. The number of alkyl halides is 3.